The third-order valence-corrected chi connectivity index (χ3v) is 3.07. The maximum absolute atomic E-state index is 11.2. The molecule has 0 aromatic rings. The molecule has 7 nitrogen and oxygen atoms in total. The van der Waals surface area contributed by atoms with Crippen LogP contribution in [0.5, 0.6) is 0 Å². The largest absolute Gasteiger partial charge is 0.481 e. The minimum absolute atomic E-state index is 0.0871. The average molecular weight is 248 g/mol. The number of sulfone groups is 1. The molecule has 1 amide bonds. The Hall–Kier alpha value is -1.62. The molecule has 0 aliphatic carbocycles. The summed E-state index contributed by atoms with van der Waals surface area (Å²) >= 11 is 0. The fraction of sp³-hybridized carbons (Fsp3) is 0.625. The molecule has 0 heterocycles. The van der Waals surface area contributed by atoms with Gasteiger partial charge in [0.1, 0.15) is 5.75 Å². The van der Waals surface area contributed by atoms with Crippen LogP contribution in [0, 0.1) is 11.3 Å². The fourth-order valence-corrected chi connectivity index (χ4v) is 1.96. The highest BCUT2D eigenvalue weighted by molar-refractivity contribution is 7.92. The summed E-state index contributed by atoms with van der Waals surface area (Å²) in [6.07, 6.45) is -0.422. The van der Waals surface area contributed by atoms with Crippen molar-refractivity contribution in [3.8, 4) is 6.07 Å². The minimum Gasteiger partial charge on any atom is -0.481 e. The second-order valence-electron chi connectivity index (χ2n) is 2.99. The molecule has 0 saturated carbocycles. The second-order valence-corrected chi connectivity index (χ2v) is 5.18. The summed E-state index contributed by atoms with van der Waals surface area (Å²) in [6.45, 7) is 0.0871. The highest BCUT2D eigenvalue weighted by atomic mass is 32.2. The molecule has 90 valence electrons. The second kappa shape index (κ2) is 6.79. The van der Waals surface area contributed by atoms with Gasteiger partial charge in [0.25, 0.3) is 0 Å². The SMILES string of the molecule is N#CCCNC(=O)CS(=O)(=O)CCC(=O)O. The van der Waals surface area contributed by atoms with Crippen molar-refractivity contribution in [2.24, 2.45) is 0 Å². The van der Waals surface area contributed by atoms with Crippen LogP contribution in [0.25, 0.3) is 0 Å². The normalized spacial score (nSPS) is 10.4. The molecule has 0 saturated heterocycles. The van der Waals surface area contributed by atoms with Crippen LogP contribution >= 0.6 is 0 Å². The Morgan fingerprint density at radius 3 is 2.50 bits per heavy atom. The maximum Gasteiger partial charge on any atom is 0.304 e. The van der Waals surface area contributed by atoms with E-state index in [4.69, 9.17) is 10.4 Å². The Bertz CT molecular complexity index is 395. The van der Waals surface area contributed by atoms with Crippen molar-refractivity contribution in [1.29, 1.82) is 5.26 Å². The molecule has 2 N–H and O–H groups in total. The van der Waals surface area contributed by atoms with E-state index in [0.717, 1.165) is 0 Å². The van der Waals surface area contributed by atoms with E-state index in [2.05, 4.69) is 5.32 Å². The molecule has 16 heavy (non-hydrogen) atoms. The summed E-state index contributed by atoms with van der Waals surface area (Å²) < 4.78 is 22.4. The summed E-state index contributed by atoms with van der Waals surface area (Å²) in [6, 6.07) is 1.78. The summed E-state index contributed by atoms with van der Waals surface area (Å²) in [5.41, 5.74) is 0. The number of rotatable bonds is 7. The lowest BCUT2D eigenvalue weighted by Crippen LogP contribution is -2.32. The van der Waals surface area contributed by atoms with E-state index in [1.54, 1.807) is 6.07 Å². The van der Waals surface area contributed by atoms with Gasteiger partial charge in [-0.25, -0.2) is 8.42 Å². The minimum atomic E-state index is -3.69. The number of carbonyl (C=O) groups is 2. The van der Waals surface area contributed by atoms with Gasteiger partial charge < -0.3 is 10.4 Å². The van der Waals surface area contributed by atoms with Crippen LogP contribution in [-0.2, 0) is 19.4 Å². The molecule has 0 aliphatic rings. The maximum atomic E-state index is 11.2. The molecular weight excluding hydrogens is 236 g/mol. The average Bonchev–Trinajstić information content (AvgIpc) is 2.15. The molecule has 0 aromatic carbocycles. The highest BCUT2D eigenvalue weighted by Crippen LogP contribution is 1.94. The molecular formula is C8H12N2O5S. The van der Waals surface area contributed by atoms with Gasteiger partial charge in [-0.3, -0.25) is 9.59 Å². The molecule has 0 aliphatic heterocycles. The number of carbonyl (C=O) groups excluding carboxylic acids is 1. The van der Waals surface area contributed by atoms with Gasteiger partial charge in [-0.1, -0.05) is 0 Å². The van der Waals surface area contributed by atoms with Crippen molar-refractivity contribution < 1.29 is 23.1 Å². The first-order valence-electron chi connectivity index (χ1n) is 4.43. The van der Waals surface area contributed by atoms with Crippen LogP contribution in [0.15, 0.2) is 0 Å². The number of carboxylic acids is 1. The van der Waals surface area contributed by atoms with Gasteiger partial charge in [0.05, 0.1) is 24.7 Å². The number of hydrogen-bond acceptors (Lipinski definition) is 5. The summed E-state index contributed by atoms with van der Waals surface area (Å²) in [5, 5.41) is 18.7. The number of amides is 1. The van der Waals surface area contributed by atoms with Crippen molar-refractivity contribution >= 4 is 21.7 Å². The monoisotopic (exact) mass is 248 g/mol. The first kappa shape index (κ1) is 14.4. The Balaban J connectivity index is 4.02. The van der Waals surface area contributed by atoms with E-state index >= 15 is 0 Å². The van der Waals surface area contributed by atoms with Gasteiger partial charge in [0, 0.05) is 6.54 Å². The predicted molar refractivity (Wildman–Crippen MR) is 54.1 cm³/mol. The number of nitrogens with one attached hydrogen (secondary N) is 1. The smallest absolute Gasteiger partial charge is 0.304 e. The Morgan fingerprint density at radius 1 is 1.38 bits per heavy atom. The van der Waals surface area contributed by atoms with Crippen molar-refractivity contribution in [1.82, 2.24) is 5.32 Å². The van der Waals surface area contributed by atoms with Crippen molar-refractivity contribution in [2.75, 3.05) is 18.1 Å². The molecule has 0 rings (SSSR count). The van der Waals surface area contributed by atoms with Crippen molar-refractivity contribution in [3.05, 3.63) is 0 Å². The lowest BCUT2D eigenvalue weighted by molar-refractivity contribution is -0.136. The van der Waals surface area contributed by atoms with Crippen LogP contribution in [0.2, 0.25) is 0 Å². The van der Waals surface area contributed by atoms with Gasteiger partial charge in [-0.15, -0.1) is 0 Å². The molecule has 0 atom stereocenters. The van der Waals surface area contributed by atoms with Crippen molar-refractivity contribution in [2.45, 2.75) is 12.8 Å². The summed E-state index contributed by atoms with van der Waals surface area (Å²) in [7, 11) is -3.69. The van der Waals surface area contributed by atoms with Gasteiger partial charge in [-0.05, 0) is 0 Å². The number of nitrogens with zero attached hydrogens (tertiary/aromatic N) is 1. The molecule has 0 spiro atoms. The van der Waals surface area contributed by atoms with Gasteiger partial charge in [-0.2, -0.15) is 5.26 Å². The van der Waals surface area contributed by atoms with Crippen LogP contribution in [0.3, 0.4) is 0 Å². The Morgan fingerprint density at radius 2 is 2.00 bits per heavy atom. The lowest BCUT2D eigenvalue weighted by Gasteiger charge is -2.03. The van der Waals surface area contributed by atoms with E-state index in [1.807, 2.05) is 0 Å². The third kappa shape index (κ3) is 7.75. The van der Waals surface area contributed by atoms with E-state index in [1.165, 1.54) is 0 Å². The van der Waals surface area contributed by atoms with E-state index in [0.29, 0.717) is 0 Å². The fourth-order valence-electron chi connectivity index (χ4n) is 0.824. The van der Waals surface area contributed by atoms with E-state index < -0.39 is 39.6 Å². The van der Waals surface area contributed by atoms with Gasteiger partial charge in [0.15, 0.2) is 9.84 Å². The lowest BCUT2D eigenvalue weighted by atomic mass is 10.4. The highest BCUT2D eigenvalue weighted by Gasteiger charge is 2.17. The standard InChI is InChI=1S/C8H12N2O5S/c9-3-1-4-10-7(11)6-16(14,15)5-2-8(12)13/h1-2,4-6H2,(H,10,11)(H,12,13). The predicted octanol–water partition coefficient (Wildman–Crippen LogP) is -1.09. The quantitative estimate of drug-likeness (QED) is 0.551. The molecule has 0 bridgehead atoms. The number of hydrogen-bond donors (Lipinski definition) is 2. The van der Waals surface area contributed by atoms with Crippen LogP contribution < -0.4 is 5.32 Å². The third-order valence-electron chi connectivity index (χ3n) is 1.54. The molecule has 0 aromatic heterocycles. The van der Waals surface area contributed by atoms with Crippen LogP contribution in [-0.4, -0.2) is 43.5 Å². The van der Waals surface area contributed by atoms with Crippen molar-refractivity contribution in [3.63, 3.8) is 0 Å². The zero-order valence-corrected chi connectivity index (χ0v) is 9.29. The van der Waals surface area contributed by atoms with Crippen LogP contribution in [0.4, 0.5) is 0 Å². The van der Waals surface area contributed by atoms with Crippen LogP contribution in [0.1, 0.15) is 12.8 Å². The first-order chi connectivity index (χ1) is 7.37. The zero-order chi connectivity index (χ0) is 12.6. The molecule has 0 radical (unpaired) electrons. The molecule has 8 heteroatoms. The summed E-state index contributed by atoms with van der Waals surface area (Å²) in [5.74, 6) is -3.26. The Labute approximate surface area is 93.0 Å². The number of carboxylic acid groups (broad SMARTS) is 1. The van der Waals surface area contributed by atoms with E-state index in [-0.39, 0.29) is 13.0 Å². The first-order valence-corrected chi connectivity index (χ1v) is 6.25. The molecule has 0 unspecified atom stereocenters. The number of nitriles is 1. The molecule has 0 fully saturated rings. The Kier molecular flexibility index (Phi) is 6.10. The summed E-state index contributed by atoms with van der Waals surface area (Å²) in [4.78, 5) is 21.2. The number of aliphatic carboxylic acids is 1. The zero-order valence-electron chi connectivity index (χ0n) is 8.47. The van der Waals surface area contributed by atoms with Gasteiger partial charge >= 0.3 is 5.97 Å². The van der Waals surface area contributed by atoms with Gasteiger partial charge in [0.2, 0.25) is 5.91 Å². The van der Waals surface area contributed by atoms with E-state index in [9.17, 15) is 18.0 Å². The topological polar surface area (TPSA) is 124 Å².